The van der Waals surface area contributed by atoms with Crippen molar-refractivity contribution in [3.63, 3.8) is 0 Å². The Kier molecular flexibility index (Phi) is 5.60. The van der Waals surface area contributed by atoms with E-state index >= 15 is 0 Å². The fraction of sp³-hybridized carbons (Fsp3) is 0. The molecule has 0 aliphatic carbocycles. The number of oxazole rings is 1. The number of rotatable bonds is 4. The van der Waals surface area contributed by atoms with Crippen LogP contribution in [-0.4, -0.2) is 4.98 Å². The smallest absolute Gasteiger partial charge is 0.227 e. The van der Waals surface area contributed by atoms with E-state index in [1.54, 1.807) is 0 Å². The second-order valence-corrected chi connectivity index (χ2v) is 12.7. The van der Waals surface area contributed by atoms with Crippen LogP contribution in [0, 0.1) is 0 Å². The molecule has 3 heterocycles. The Morgan fingerprint density at radius 2 is 1.06 bits per heavy atom. The lowest BCUT2D eigenvalue weighted by Gasteiger charge is -2.26. The predicted octanol–water partition coefficient (Wildman–Crippen LogP) is 13.1. The summed E-state index contributed by atoms with van der Waals surface area (Å²) in [6.45, 7) is 0. The molecule has 0 saturated carbocycles. The van der Waals surface area contributed by atoms with Crippen LogP contribution in [0.15, 0.2) is 171 Å². The van der Waals surface area contributed by atoms with Crippen LogP contribution in [0.25, 0.3) is 88.0 Å². The van der Waals surface area contributed by atoms with Crippen LogP contribution in [-0.2, 0) is 0 Å². The second kappa shape index (κ2) is 10.3. The largest absolute Gasteiger partial charge is 0.456 e. The van der Waals surface area contributed by atoms with Crippen LogP contribution in [0.4, 0.5) is 17.1 Å². The minimum atomic E-state index is 0.611. The molecule has 0 bridgehead atoms. The van der Waals surface area contributed by atoms with E-state index in [4.69, 9.17) is 18.2 Å². The zero-order valence-electron chi connectivity index (χ0n) is 26.6. The first-order valence-corrected chi connectivity index (χ1v) is 16.7. The van der Waals surface area contributed by atoms with Gasteiger partial charge in [0.1, 0.15) is 22.3 Å². The average molecular weight is 643 g/mol. The van der Waals surface area contributed by atoms with Gasteiger partial charge in [0.05, 0.1) is 5.69 Å². The van der Waals surface area contributed by atoms with Gasteiger partial charge in [0.25, 0.3) is 0 Å². The standard InChI is InChI=1S/C45H26N2O3/c1-2-9-29(10-3-1)45-46-37-23-20-28-18-17-27-19-21-30(25-35(27)42(28)44(37)50-45)47(31-22-24-41-36(26-31)33-12-5-6-15-39(33)48-41)38-14-8-13-34-32-11-4-7-16-40(32)49-43(34)38/h1-26H. The number of furan rings is 2. The van der Waals surface area contributed by atoms with Crippen molar-refractivity contribution in [3.05, 3.63) is 158 Å². The minimum absolute atomic E-state index is 0.611. The van der Waals surface area contributed by atoms with Gasteiger partial charge < -0.3 is 18.2 Å². The molecule has 0 radical (unpaired) electrons. The summed E-state index contributed by atoms with van der Waals surface area (Å²) in [5, 5.41) is 8.63. The van der Waals surface area contributed by atoms with Crippen LogP contribution in [0.3, 0.4) is 0 Å². The number of hydrogen-bond donors (Lipinski definition) is 0. The number of benzene rings is 8. The molecule has 234 valence electrons. The molecular formula is C45H26N2O3. The van der Waals surface area contributed by atoms with Crippen LogP contribution in [0.1, 0.15) is 0 Å². The number of anilines is 3. The summed E-state index contributed by atoms with van der Waals surface area (Å²) in [7, 11) is 0. The maximum Gasteiger partial charge on any atom is 0.227 e. The first-order chi connectivity index (χ1) is 24.8. The number of para-hydroxylation sites is 3. The zero-order valence-corrected chi connectivity index (χ0v) is 26.6. The van der Waals surface area contributed by atoms with Gasteiger partial charge in [-0.3, -0.25) is 0 Å². The summed E-state index contributed by atoms with van der Waals surface area (Å²) in [5.74, 6) is 0.611. The zero-order chi connectivity index (χ0) is 32.8. The topological polar surface area (TPSA) is 55.6 Å². The highest BCUT2D eigenvalue weighted by molar-refractivity contribution is 6.19. The molecule has 11 aromatic rings. The van der Waals surface area contributed by atoms with Crippen molar-refractivity contribution in [2.75, 3.05) is 4.90 Å². The first kappa shape index (κ1) is 27.1. The van der Waals surface area contributed by atoms with Gasteiger partial charge in [0.2, 0.25) is 5.89 Å². The number of fused-ring (bicyclic) bond motifs is 11. The van der Waals surface area contributed by atoms with Gasteiger partial charge in [-0.25, -0.2) is 4.98 Å². The molecule has 0 amide bonds. The molecule has 0 aliphatic rings. The third kappa shape index (κ3) is 3.98. The van der Waals surface area contributed by atoms with Crippen molar-refractivity contribution < 1.29 is 13.3 Å². The normalized spacial score (nSPS) is 12.0. The highest BCUT2D eigenvalue weighted by Crippen LogP contribution is 2.45. The molecule has 50 heavy (non-hydrogen) atoms. The van der Waals surface area contributed by atoms with Gasteiger partial charge in [0, 0.05) is 43.9 Å². The third-order valence-electron chi connectivity index (χ3n) is 9.86. The molecule has 11 rings (SSSR count). The van der Waals surface area contributed by atoms with Crippen LogP contribution >= 0.6 is 0 Å². The van der Waals surface area contributed by atoms with Gasteiger partial charge in [-0.1, -0.05) is 91.0 Å². The summed E-state index contributed by atoms with van der Waals surface area (Å²) in [6, 6.07) is 54.4. The second-order valence-electron chi connectivity index (χ2n) is 12.7. The summed E-state index contributed by atoms with van der Waals surface area (Å²) in [6.07, 6.45) is 0. The Bertz CT molecular complexity index is 3110. The molecule has 5 nitrogen and oxygen atoms in total. The van der Waals surface area contributed by atoms with Crippen molar-refractivity contribution >= 4 is 93.6 Å². The maximum atomic E-state index is 6.63. The molecule has 5 heteroatoms. The summed E-state index contributed by atoms with van der Waals surface area (Å²) < 4.78 is 19.4. The fourth-order valence-electron chi connectivity index (χ4n) is 7.54. The first-order valence-electron chi connectivity index (χ1n) is 16.7. The lowest BCUT2D eigenvalue weighted by atomic mass is 10.00. The summed E-state index contributed by atoms with van der Waals surface area (Å²) in [5.41, 5.74) is 8.89. The van der Waals surface area contributed by atoms with Crippen LogP contribution in [0.2, 0.25) is 0 Å². The van der Waals surface area contributed by atoms with E-state index in [0.717, 1.165) is 99.1 Å². The van der Waals surface area contributed by atoms with Gasteiger partial charge >= 0.3 is 0 Å². The van der Waals surface area contributed by atoms with E-state index < -0.39 is 0 Å². The molecule has 0 atom stereocenters. The Hall–Kier alpha value is -6.85. The number of hydrogen-bond acceptors (Lipinski definition) is 5. The van der Waals surface area contributed by atoms with Crippen molar-refractivity contribution in [2.45, 2.75) is 0 Å². The highest BCUT2D eigenvalue weighted by Gasteiger charge is 2.22. The van der Waals surface area contributed by atoms with Gasteiger partial charge in [0.15, 0.2) is 11.2 Å². The predicted molar refractivity (Wildman–Crippen MR) is 204 cm³/mol. The SMILES string of the molecule is c1ccc(-c2nc3ccc4ccc5ccc(N(c6ccc7oc8ccccc8c7c6)c6cccc7c6oc6ccccc67)cc5c4c3o2)cc1. The highest BCUT2D eigenvalue weighted by atomic mass is 16.3. The summed E-state index contributed by atoms with van der Waals surface area (Å²) >= 11 is 0. The van der Waals surface area contributed by atoms with Gasteiger partial charge in [-0.05, 0) is 82.9 Å². The Labute approximate surface area is 285 Å². The lowest BCUT2D eigenvalue weighted by molar-refractivity contribution is 0.623. The third-order valence-corrected chi connectivity index (χ3v) is 9.86. The van der Waals surface area contributed by atoms with E-state index in [1.807, 2.05) is 60.7 Å². The molecule has 0 fully saturated rings. The molecular weight excluding hydrogens is 617 g/mol. The molecule has 0 saturated heterocycles. The van der Waals surface area contributed by atoms with E-state index in [1.165, 1.54) is 0 Å². The average Bonchev–Trinajstić information content (AvgIpc) is 3.89. The van der Waals surface area contributed by atoms with E-state index in [9.17, 15) is 0 Å². The lowest BCUT2D eigenvalue weighted by Crippen LogP contribution is -2.10. The maximum absolute atomic E-state index is 6.63. The van der Waals surface area contributed by atoms with Crippen molar-refractivity contribution in [2.24, 2.45) is 0 Å². The van der Waals surface area contributed by atoms with Gasteiger partial charge in [-0.2, -0.15) is 0 Å². The monoisotopic (exact) mass is 642 g/mol. The molecule has 0 N–H and O–H groups in total. The van der Waals surface area contributed by atoms with E-state index in [-0.39, 0.29) is 0 Å². The molecule has 8 aromatic carbocycles. The Morgan fingerprint density at radius 1 is 0.420 bits per heavy atom. The van der Waals surface area contributed by atoms with Crippen molar-refractivity contribution in [3.8, 4) is 11.5 Å². The van der Waals surface area contributed by atoms with Crippen molar-refractivity contribution in [1.29, 1.82) is 0 Å². The molecule has 0 aliphatic heterocycles. The van der Waals surface area contributed by atoms with Crippen molar-refractivity contribution in [1.82, 2.24) is 4.98 Å². The van der Waals surface area contributed by atoms with Crippen LogP contribution < -0.4 is 4.90 Å². The van der Waals surface area contributed by atoms with E-state index in [2.05, 4.69) is 102 Å². The Balaban J connectivity index is 1.20. The molecule has 0 spiro atoms. The minimum Gasteiger partial charge on any atom is -0.456 e. The Morgan fingerprint density at radius 3 is 1.92 bits per heavy atom. The van der Waals surface area contributed by atoms with E-state index in [0.29, 0.717) is 5.89 Å². The van der Waals surface area contributed by atoms with Crippen LogP contribution in [0.5, 0.6) is 0 Å². The molecule has 0 unspecified atom stereocenters. The number of aromatic nitrogens is 1. The quantitative estimate of drug-likeness (QED) is 0.179. The fourth-order valence-corrected chi connectivity index (χ4v) is 7.54. The summed E-state index contributed by atoms with van der Waals surface area (Å²) in [4.78, 5) is 7.19. The molecule has 3 aromatic heterocycles. The number of nitrogens with zero attached hydrogens (tertiary/aromatic N) is 2. The van der Waals surface area contributed by atoms with Gasteiger partial charge in [-0.15, -0.1) is 0 Å².